The molecule has 1 saturated heterocycles. The van der Waals surface area contributed by atoms with Gasteiger partial charge in [-0.3, -0.25) is 0 Å². The number of anilines is 2. The Morgan fingerprint density at radius 1 is 1.15 bits per heavy atom. The highest BCUT2D eigenvalue weighted by Crippen LogP contribution is 2.27. The van der Waals surface area contributed by atoms with E-state index < -0.39 is 0 Å². The molecule has 1 aromatic carbocycles. The van der Waals surface area contributed by atoms with Crippen LogP contribution in [0.4, 0.5) is 11.5 Å². The maximum atomic E-state index is 6.01. The first-order valence-electron chi connectivity index (χ1n) is 9.14. The highest BCUT2D eigenvalue weighted by atomic mass is 35.5. The molecule has 6 heteroatoms. The molecule has 5 nitrogen and oxygen atoms in total. The fourth-order valence-electron chi connectivity index (χ4n) is 3.18. The highest BCUT2D eigenvalue weighted by Gasteiger charge is 2.20. The first kappa shape index (κ1) is 19.2. The van der Waals surface area contributed by atoms with Gasteiger partial charge in [0.2, 0.25) is 0 Å². The van der Waals surface area contributed by atoms with Crippen LogP contribution in [0.15, 0.2) is 55.3 Å². The molecule has 0 unspecified atom stereocenters. The van der Waals surface area contributed by atoms with Crippen LogP contribution in [0.3, 0.4) is 0 Å². The van der Waals surface area contributed by atoms with Gasteiger partial charge in [-0.25, -0.2) is 9.97 Å². The Bertz CT molecular complexity index is 791. The van der Waals surface area contributed by atoms with Crippen molar-refractivity contribution in [1.82, 2.24) is 9.97 Å². The molecule has 2 aromatic rings. The van der Waals surface area contributed by atoms with Crippen molar-refractivity contribution in [1.29, 1.82) is 0 Å². The van der Waals surface area contributed by atoms with Gasteiger partial charge in [0, 0.05) is 43.3 Å². The molecule has 0 spiro atoms. The number of halogens is 1. The molecular formula is C21H25ClN4O. The third kappa shape index (κ3) is 5.01. The molecule has 1 aliphatic rings. The Hall–Kier alpha value is -2.53. The third-order valence-corrected chi connectivity index (χ3v) is 4.82. The topological polar surface area (TPSA) is 41.5 Å². The smallest absolute Gasteiger partial charge is 0.179 e. The van der Waals surface area contributed by atoms with Crippen molar-refractivity contribution >= 4 is 23.1 Å². The van der Waals surface area contributed by atoms with Crippen LogP contribution in [0, 0.1) is 0 Å². The summed E-state index contributed by atoms with van der Waals surface area (Å²) in [6.45, 7) is 7.41. The van der Waals surface area contributed by atoms with Crippen LogP contribution in [0.5, 0.6) is 5.75 Å². The van der Waals surface area contributed by atoms with Gasteiger partial charge < -0.3 is 14.5 Å². The number of rotatable bonds is 6. The van der Waals surface area contributed by atoms with E-state index in [4.69, 9.17) is 21.3 Å². The maximum absolute atomic E-state index is 6.01. The zero-order valence-electron chi connectivity index (χ0n) is 15.6. The first-order chi connectivity index (χ1) is 13.2. The number of benzene rings is 1. The van der Waals surface area contributed by atoms with Gasteiger partial charge in [0.15, 0.2) is 11.6 Å². The SMILES string of the molecule is C=C/C=C\Cc1ncc(OC)c(N2CCCN(c3ccc(Cl)cc3)CC2)n1. The van der Waals surface area contributed by atoms with Crippen LogP contribution in [0.1, 0.15) is 12.2 Å². The number of nitrogens with zero attached hydrogens (tertiary/aromatic N) is 4. The summed E-state index contributed by atoms with van der Waals surface area (Å²) in [5.74, 6) is 2.36. The van der Waals surface area contributed by atoms with Gasteiger partial charge in [-0.2, -0.15) is 0 Å². The summed E-state index contributed by atoms with van der Waals surface area (Å²) >= 11 is 6.01. The lowest BCUT2D eigenvalue weighted by Crippen LogP contribution is -2.31. The lowest BCUT2D eigenvalue weighted by atomic mass is 10.2. The molecule has 1 aromatic heterocycles. The van der Waals surface area contributed by atoms with Crippen molar-refractivity contribution in [2.75, 3.05) is 43.1 Å². The summed E-state index contributed by atoms with van der Waals surface area (Å²) in [5, 5.41) is 0.763. The standard InChI is InChI=1S/C21H25ClN4O/c1-3-4-5-7-20-23-16-19(27-2)21(24-20)26-13-6-12-25(14-15-26)18-10-8-17(22)9-11-18/h3-5,8-11,16H,1,6-7,12-15H2,2H3/b5-4-. The maximum Gasteiger partial charge on any atom is 0.179 e. The lowest BCUT2D eigenvalue weighted by Gasteiger charge is -2.25. The molecule has 2 heterocycles. The van der Waals surface area contributed by atoms with E-state index in [9.17, 15) is 0 Å². The van der Waals surface area contributed by atoms with Crippen LogP contribution in [0.2, 0.25) is 5.02 Å². The highest BCUT2D eigenvalue weighted by molar-refractivity contribution is 6.30. The summed E-state index contributed by atoms with van der Waals surface area (Å²) in [7, 11) is 1.66. The van der Waals surface area contributed by atoms with E-state index in [0.29, 0.717) is 12.2 Å². The zero-order valence-corrected chi connectivity index (χ0v) is 16.4. The van der Waals surface area contributed by atoms with Crippen LogP contribution < -0.4 is 14.5 Å². The number of aromatic nitrogens is 2. The van der Waals surface area contributed by atoms with Crippen molar-refractivity contribution in [3.63, 3.8) is 0 Å². The minimum atomic E-state index is 0.674. The van der Waals surface area contributed by atoms with Crippen LogP contribution in [-0.2, 0) is 6.42 Å². The van der Waals surface area contributed by atoms with Gasteiger partial charge in [-0.1, -0.05) is 36.4 Å². The number of allylic oxidation sites excluding steroid dienone is 3. The first-order valence-corrected chi connectivity index (χ1v) is 9.52. The number of ether oxygens (including phenoxy) is 1. The number of hydrogen-bond donors (Lipinski definition) is 0. The second-order valence-corrected chi connectivity index (χ2v) is 6.79. The third-order valence-electron chi connectivity index (χ3n) is 4.57. The van der Waals surface area contributed by atoms with Crippen molar-refractivity contribution in [3.8, 4) is 5.75 Å². The summed E-state index contributed by atoms with van der Waals surface area (Å²) in [4.78, 5) is 13.8. The fraction of sp³-hybridized carbons (Fsp3) is 0.333. The molecule has 1 fully saturated rings. The Morgan fingerprint density at radius 3 is 2.63 bits per heavy atom. The van der Waals surface area contributed by atoms with E-state index >= 15 is 0 Å². The summed E-state index contributed by atoms with van der Waals surface area (Å²) in [5.41, 5.74) is 1.20. The van der Waals surface area contributed by atoms with Crippen LogP contribution >= 0.6 is 11.6 Å². The van der Waals surface area contributed by atoms with E-state index in [1.54, 1.807) is 19.4 Å². The minimum Gasteiger partial charge on any atom is -0.491 e. The second kappa shape index (κ2) is 9.42. The Morgan fingerprint density at radius 2 is 1.89 bits per heavy atom. The van der Waals surface area contributed by atoms with Crippen molar-refractivity contribution < 1.29 is 4.74 Å². The summed E-state index contributed by atoms with van der Waals surface area (Å²) in [6, 6.07) is 8.03. The van der Waals surface area contributed by atoms with E-state index in [2.05, 4.69) is 33.5 Å². The van der Waals surface area contributed by atoms with E-state index in [1.165, 1.54) is 5.69 Å². The van der Waals surface area contributed by atoms with Gasteiger partial charge in [0.05, 0.1) is 13.3 Å². The number of hydrogen-bond acceptors (Lipinski definition) is 5. The molecule has 1 aliphatic heterocycles. The summed E-state index contributed by atoms with van der Waals surface area (Å²) in [6.07, 6.45) is 9.15. The molecule has 0 bridgehead atoms. The molecule has 0 amide bonds. The predicted octanol–water partition coefficient (Wildman–Crippen LogP) is 4.14. The van der Waals surface area contributed by atoms with Crippen LogP contribution in [0.25, 0.3) is 0 Å². The predicted molar refractivity (Wildman–Crippen MR) is 112 cm³/mol. The molecule has 27 heavy (non-hydrogen) atoms. The van der Waals surface area contributed by atoms with Gasteiger partial charge in [-0.15, -0.1) is 0 Å². The molecule has 0 radical (unpaired) electrons. The van der Waals surface area contributed by atoms with E-state index in [0.717, 1.165) is 49.3 Å². The van der Waals surface area contributed by atoms with Gasteiger partial charge in [-0.05, 0) is 30.7 Å². The Kier molecular flexibility index (Phi) is 6.71. The van der Waals surface area contributed by atoms with Gasteiger partial charge >= 0.3 is 0 Å². The van der Waals surface area contributed by atoms with Gasteiger partial charge in [0.25, 0.3) is 0 Å². The van der Waals surface area contributed by atoms with Gasteiger partial charge in [0.1, 0.15) is 5.82 Å². The van der Waals surface area contributed by atoms with E-state index in [1.807, 2.05) is 24.3 Å². The molecule has 0 atom stereocenters. The number of methoxy groups -OCH3 is 1. The average Bonchev–Trinajstić information content (AvgIpc) is 2.95. The van der Waals surface area contributed by atoms with Crippen molar-refractivity contribution in [3.05, 3.63) is 66.1 Å². The fourth-order valence-corrected chi connectivity index (χ4v) is 3.30. The lowest BCUT2D eigenvalue weighted by molar-refractivity contribution is 0.409. The molecule has 0 aliphatic carbocycles. The molecular weight excluding hydrogens is 360 g/mol. The van der Waals surface area contributed by atoms with Crippen molar-refractivity contribution in [2.24, 2.45) is 0 Å². The molecule has 0 saturated carbocycles. The Balaban J connectivity index is 1.75. The monoisotopic (exact) mass is 384 g/mol. The molecule has 0 N–H and O–H groups in total. The quantitative estimate of drug-likeness (QED) is 0.700. The average molecular weight is 385 g/mol. The second-order valence-electron chi connectivity index (χ2n) is 6.35. The zero-order chi connectivity index (χ0) is 19.1. The summed E-state index contributed by atoms with van der Waals surface area (Å²) < 4.78 is 5.52. The van der Waals surface area contributed by atoms with E-state index in [-0.39, 0.29) is 0 Å². The van der Waals surface area contributed by atoms with Crippen molar-refractivity contribution in [2.45, 2.75) is 12.8 Å². The molecule has 3 rings (SSSR count). The van der Waals surface area contributed by atoms with Crippen LogP contribution in [-0.4, -0.2) is 43.3 Å². The largest absolute Gasteiger partial charge is 0.491 e. The normalized spacial score (nSPS) is 15.0. The minimum absolute atomic E-state index is 0.674. The molecule has 142 valence electrons. The Labute approximate surface area is 165 Å².